The molecule has 1 aliphatic carbocycles. The highest BCUT2D eigenvalue weighted by Crippen LogP contribution is 2.32. The second-order valence-corrected chi connectivity index (χ2v) is 7.49. The van der Waals surface area contributed by atoms with Gasteiger partial charge in [0.2, 0.25) is 0 Å². The van der Waals surface area contributed by atoms with Gasteiger partial charge in [0, 0.05) is 24.9 Å². The first-order chi connectivity index (χ1) is 9.58. The molecule has 1 heterocycles. The van der Waals surface area contributed by atoms with Crippen LogP contribution in [0.1, 0.15) is 50.8 Å². The third-order valence-electron chi connectivity index (χ3n) is 4.07. The van der Waals surface area contributed by atoms with Crippen molar-refractivity contribution in [3.8, 4) is 0 Å². The van der Waals surface area contributed by atoms with Crippen LogP contribution in [-0.4, -0.2) is 22.1 Å². The molecule has 4 heteroatoms. The molecule has 0 aliphatic heterocycles. The number of nitrogens with zero attached hydrogens (tertiary/aromatic N) is 2. The summed E-state index contributed by atoms with van der Waals surface area (Å²) in [5.74, 6) is 2.88. The van der Waals surface area contributed by atoms with Crippen molar-refractivity contribution in [1.82, 2.24) is 15.1 Å². The molecule has 114 valence electrons. The fraction of sp³-hybridized carbons (Fsp3) is 0.812. The molecular weight excluding hydrogens is 266 g/mol. The minimum Gasteiger partial charge on any atom is -0.312 e. The predicted octanol–water partition coefficient (Wildman–Crippen LogP) is 3.76. The zero-order valence-corrected chi connectivity index (χ0v) is 14.2. The van der Waals surface area contributed by atoms with Gasteiger partial charge in [-0.05, 0) is 38.1 Å². The minimum atomic E-state index is 0.696. The lowest BCUT2D eigenvalue weighted by Crippen LogP contribution is -2.19. The largest absolute Gasteiger partial charge is 0.312 e. The first kappa shape index (κ1) is 15.9. The van der Waals surface area contributed by atoms with Gasteiger partial charge in [-0.3, -0.25) is 4.68 Å². The third-order valence-corrected chi connectivity index (χ3v) is 5.50. The van der Waals surface area contributed by atoms with Crippen molar-refractivity contribution in [3.63, 3.8) is 0 Å². The van der Waals surface area contributed by atoms with Gasteiger partial charge in [-0.1, -0.05) is 26.7 Å². The molecule has 1 N–H and O–H groups in total. The van der Waals surface area contributed by atoms with E-state index in [0.29, 0.717) is 5.92 Å². The highest BCUT2D eigenvalue weighted by Gasteiger charge is 2.18. The van der Waals surface area contributed by atoms with Crippen LogP contribution < -0.4 is 5.32 Å². The Morgan fingerprint density at radius 1 is 1.35 bits per heavy atom. The molecule has 0 aromatic carbocycles. The van der Waals surface area contributed by atoms with Crippen LogP contribution in [0, 0.1) is 18.8 Å². The highest BCUT2D eigenvalue weighted by molar-refractivity contribution is 7.99. The molecule has 1 aromatic heterocycles. The molecule has 1 fully saturated rings. The molecule has 1 aromatic rings. The van der Waals surface area contributed by atoms with Gasteiger partial charge >= 0.3 is 0 Å². The van der Waals surface area contributed by atoms with Crippen LogP contribution >= 0.6 is 11.8 Å². The maximum absolute atomic E-state index is 4.61. The molecule has 3 nitrogen and oxygen atoms in total. The van der Waals surface area contributed by atoms with Crippen LogP contribution in [0.5, 0.6) is 0 Å². The van der Waals surface area contributed by atoms with Crippen LogP contribution in [0.2, 0.25) is 0 Å². The summed E-state index contributed by atoms with van der Waals surface area (Å²) in [7, 11) is 2.08. The van der Waals surface area contributed by atoms with Crippen LogP contribution in [-0.2, 0) is 13.6 Å². The molecule has 0 atom stereocenters. The van der Waals surface area contributed by atoms with E-state index in [4.69, 9.17) is 0 Å². The molecule has 0 radical (unpaired) electrons. The second-order valence-electron chi connectivity index (χ2n) is 6.48. The van der Waals surface area contributed by atoms with E-state index in [1.165, 1.54) is 47.7 Å². The number of rotatable bonds is 7. The third kappa shape index (κ3) is 4.26. The molecule has 0 unspecified atom stereocenters. The Hall–Kier alpha value is -0.480. The van der Waals surface area contributed by atoms with E-state index in [9.17, 15) is 0 Å². The lowest BCUT2D eigenvalue weighted by Gasteiger charge is -2.12. The van der Waals surface area contributed by atoms with Crippen molar-refractivity contribution in [1.29, 1.82) is 0 Å². The Labute approximate surface area is 127 Å². The van der Waals surface area contributed by atoms with Crippen LogP contribution in [0.15, 0.2) is 5.03 Å². The van der Waals surface area contributed by atoms with Gasteiger partial charge in [0.05, 0.1) is 10.7 Å². The van der Waals surface area contributed by atoms with Gasteiger partial charge in [-0.25, -0.2) is 0 Å². The molecule has 1 saturated carbocycles. The average Bonchev–Trinajstić information content (AvgIpc) is 2.97. The molecule has 0 saturated heterocycles. The molecule has 20 heavy (non-hydrogen) atoms. The SMILES string of the molecule is Cc1nn(C)c(SCC2CCCC2)c1CNCC(C)C. The van der Waals surface area contributed by atoms with E-state index in [1.807, 2.05) is 11.8 Å². The Morgan fingerprint density at radius 3 is 2.70 bits per heavy atom. The zero-order valence-electron chi connectivity index (χ0n) is 13.4. The van der Waals surface area contributed by atoms with Crippen molar-refractivity contribution in [2.24, 2.45) is 18.9 Å². The van der Waals surface area contributed by atoms with Gasteiger partial charge in [0.1, 0.15) is 0 Å². The number of aryl methyl sites for hydroxylation is 2. The van der Waals surface area contributed by atoms with E-state index in [-0.39, 0.29) is 0 Å². The fourth-order valence-electron chi connectivity index (χ4n) is 2.92. The normalized spacial score (nSPS) is 16.4. The zero-order chi connectivity index (χ0) is 14.5. The summed E-state index contributed by atoms with van der Waals surface area (Å²) in [6.45, 7) is 8.65. The van der Waals surface area contributed by atoms with Gasteiger partial charge in [0.15, 0.2) is 0 Å². The number of nitrogens with one attached hydrogen (secondary N) is 1. The standard InChI is InChI=1S/C16H29N3S/c1-12(2)9-17-10-15-13(3)18-19(4)16(15)20-11-14-7-5-6-8-14/h12,14,17H,5-11H2,1-4H3. The minimum absolute atomic E-state index is 0.696. The van der Waals surface area contributed by atoms with Gasteiger partial charge in [-0.15, -0.1) is 11.8 Å². The number of aromatic nitrogens is 2. The number of hydrogen-bond donors (Lipinski definition) is 1. The summed E-state index contributed by atoms with van der Waals surface area (Å²) in [5.41, 5.74) is 2.58. The maximum atomic E-state index is 4.61. The maximum Gasteiger partial charge on any atom is 0.0984 e. The number of hydrogen-bond acceptors (Lipinski definition) is 3. The first-order valence-electron chi connectivity index (χ1n) is 7.94. The van der Waals surface area contributed by atoms with E-state index in [2.05, 4.69) is 42.9 Å². The van der Waals surface area contributed by atoms with Crippen LogP contribution in [0.4, 0.5) is 0 Å². The highest BCUT2D eigenvalue weighted by atomic mass is 32.2. The summed E-state index contributed by atoms with van der Waals surface area (Å²) >= 11 is 2.01. The monoisotopic (exact) mass is 295 g/mol. The Bertz CT molecular complexity index is 420. The van der Waals surface area contributed by atoms with Crippen LogP contribution in [0.3, 0.4) is 0 Å². The van der Waals surface area contributed by atoms with Gasteiger partial charge < -0.3 is 5.32 Å². The predicted molar refractivity (Wildman–Crippen MR) is 87.2 cm³/mol. The quantitative estimate of drug-likeness (QED) is 0.777. The van der Waals surface area contributed by atoms with Crippen molar-refractivity contribution < 1.29 is 0 Å². The van der Waals surface area contributed by atoms with Crippen LogP contribution in [0.25, 0.3) is 0 Å². The lowest BCUT2D eigenvalue weighted by atomic mass is 10.1. The summed E-state index contributed by atoms with van der Waals surface area (Å²) in [6.07, 6.45) is 5.70. The van der Waals surface area contributed by atoms with Gasteiger partial charge in [0.25, 0.3) is 0 Å². The average molecular weight is 295 g/mol. The molecule has 1 aliphatic rings. The lowest BCUT2D eigenvalue weighted by molar-refractivity contribution is 0.547. The van der Waals surface area contributed by atoms with Crippen molar-refractivity contribution in [2.75, 3.05) is 12.3 Å². The van der Waals surface area contributed by atoms with E-state index < -0.39 is 0 Å². The van der Waals surface area contributed by atoms with Crippen molar-refractivity contribution in [2.45, 2.75) is 58.0 Å². The van der Waals surface area contributed by atoms with E-state index in [0.717, 1.165) is 19.0 Å². The molecule has 0 bridgehead atoms. The number of thioether (sulfide) groups is 1. The molecule has 0 spiro atoms. The topological polar surface area (TPSA) is 29.9 Å². The van der Waals surface area contributed by atoms with Crippen molar-refractivity contribution >= 4 is 11.8 Å². The van der Waals surface area contributed by atoms with E-state index >= 15 is 0 Å². The summed E-state index contributed by atoms with van der Waals surface area (Å²) in [6, 6.07) is 0. The summed E-state index contributed by atoms with van der Waals surface area (Å²) < 4.78 is 2.07. The second kappa shape index (κ2) is 7.51. The van der Waals surface area contributed by atoms with Crippen molar-refractivity contribution in [3.05, 3.63) is 11.3 Å². The molecule has 0 amide bonds. The Balaban J connectivity index is 1.95. The summed E-state index contributed by atoms with van der Waals surface area (Å²) in [4.78, 5) is 0. The fourth-order valence-corrected chi connectivity index (χ4v) is 4.27. The molecule has 2 rings (SSSR count). The molecular formula is C16H29N3S. The Morgan fingerprint density at radius 2 is 2.05 bits per heavy atom. The first-order valence-corrected chi connectivity index (χ1v) is 8.92. The Kier molecular flexibility index (Phi) is 5.97. The smallest absolute Gasteiger partial charge is 0.0984 e. The summed E-state index contributed by atoms with van der Waals surface area (Å²) in [5, 5.41) is 9.53. The van der Waals surface area contributed by atoms with Gasteiger partial charge in [-0.2, -0.15) is 5.10 Å². The van der Waals surface area contributed by atoms with E-state index in [1.54, 1.807) is 0 Å².